The van der Waals surface area contributed by atoms with E-state index in [-0.39, 0.29) is 5.69 Å². The number of nitrogens with one attached hydrogen (secondary N) is 1. The first kappa shape index (κ1) is 15.1. The van der Waals surface area contributed by atoms with Gasteiger partial charge in [-0.1, -0.05) is 18.2 Å². The maximum Gasteiger partial charge on any atom is 0.426 e. The summed E-state index contributed by atoms with van der Waals surface area (Å²) in [7, 11) is 0. The van der Waals surface area contributed by atoms with Crippen molar-refractivity contribution in [1.82, 2.24) is 14.0 Å². The third-order valence-corrected chi connectivity index (χ3v) is 3.91. The molecule has 3 aromatic heterocycles. The molecule has 0 unspecified atom stereocenters. The molecule has 0 spiro atoms. The summed E-state index contributed by atoms with van der Waals surface area (Å²) in [6.07, 6.45) is 5.29. The van der Waals surface area contributed by atoms with Crippen molar-refractivity contribution in [3.05, 3.63) is 88.9 Å². The number of benzene rings is 1. The van der Waals surface area contributed by atoms with Crippen LogP contribution in [-0.2, 0) is 6.61 Å². The zero-order chi connectivity index (χ0) is 17.2. The van der Waals surface area contributed by atoms with Crippen molar-refractivity contribution in [3.63, 3.8) is 0 Å². The summed E-state index contributed by atoms with van der Waals surface area (Å²) < 4.78 is 8.78. The molecular weight excluding hydrogens is 316 g/mol. The highest BCUT2D eigenvalue weighted by Gasteiger charge is 2.14. The van der Waals surface area contributed by atoms with Crippen LogP contribution in [0.15, 0.2) is 71.9 Å². The van der Waals surface area contributed by atoms with Gasteiger partial charge in [0.05, 0.1) is 11.9 Å². The van der Waals surface area contributed by atoms with Crippen molar-refractivity contribution in [2.75, 3.05) is 0 Å². The Morgan fingerprint density at radius 2 is 1.96 bits per heavy atom. The average molecular weight is 333 g/mol. The van der Waals surface area contributed by atoms with E-state index in [9.17, 15) is 4.79 Å². The molecule has 0 aliphatic heterocycles. The molecule has 0 amide bonds. The van der Waals surface area contributed by atoms with E-state index in [1.807, 2.05) is 55.6 Å². The van der Waals surface area contributed by atoms with Crippen molar-refractivity contribution >= 4 is 5.65 Å². The van der Waals surface area contributed by atoms with Crippen LogP contribution in [0, 0.1) is 6.92 Å². The van der Waals surface area contributed by atoms with E-state index in [1.54, 1.807) is 23.0 Å². The lowest BCUT2D eigenvalue weighted by Crippen LogP contribution is -2.28. The molecule has 6 heteroatoms. The van der Waals surface area contributed by atoms with Crippen molar-refractivity contribution in [3.8, 4) is 11.6 Å². The van der Waals surface area contributed by atoms with E-state index >= 15 is 0 Å². The summed E-state index contributed by atoms with van der Waals surface area (Å²) >= 11 is 0. The van der Waals surface area contributed by atoms with Crippen molar-refractivity contribution < 1.29 is 9.72 Å². The minimum Gasteiger partial charge on any atom is -0.487 e. The smallest absolute Gasteiger partial charge is 0.426 e. The fourth-order valence-electron chi connectivity index (χ4n) is 2.61. The Hall–Kier alpha value is -3.41. The Morgan fingerprint density at radius 3 is 2.72 bits per heavy atom. The van der Waals surface area contributed by atoms with E-state index in [1.165, 1.54) is 4.40 Å². The van der Waals surface area contributed by atoms with Gasteiger partial charge in [0.1, 0.15) is 24.2 Å². The maximum atomic E-state index is 12.7. The topological polar surface area (TPSA) is 62.7 Å². The monoisotopic (exact) mass is 333 g/mol. The van der Waals surface area contributed by atoms with Gasteiger partial charge in [0.25, 0.3) is 5.82 Å². The molecule has 0 radical (unpaired) electrons. The molecule has 0 fully saturated rings. The highest BCUT2D eigenvalue weighted by Crippen LogP contribution is 2.11. The summed E-state index contributed by atoms with van der Waals surface area (Å²) in [6.45, 7) is 2.29. The number of aromatic nitrogens is 4. The second kappa shape index (κ2) is 6.24. The molecule has 3 heterocycles. The van der Waals surface area contributed by atoms with E-state index in [2.05, 4.69) is 9.97 Å². The number of imidazole rings is 1. The largest absolute Gasteiger partial charge is 0.487 e. The number of ether oxygens (including phenoxy) is 1. The molecule has 6 nitrogen and oxygen atoms in total. The van der Waals surface area contributed by atoms with Gasteiger partial charge < -0.3 is 4.74 Å². The Labute approximate surface area is 144 Å². The molecule has 4 aromatic rings. The summed E-state index contributed by atoms with van der Waals surface area (Å²) in [5.41, 5.74) is 2.21. The first-order chi connectivity index (χ1) is 12.2. The molecule has 25 heavy (non-hydrogen) atoms. The standard InChI is InChI=1S/C19H16N4O2/c1-14-7-8-17(20-11-14)22-10-9-18-21-15(12-23(18)19(22)24)13-25-16-5-3-2-4-6-16/h2-12H,13H2,1H3/p+1. The third-order valence-electron chi connectivity index (χ3n) is 3.91. The molecule has 0 atom stereocenters. The van der Waals surface area contributed by atoms with Gasteiger partial charge in [0.15, 0.2) is 0 Å². The molecule has 0 aliphatic carbocycles. The van der Waals surface area contributed by atoms with Gasteiger partial charge in [0, 0.05) is 18.3 Å². The quantitative estimate of drug-likeness (QED) is 0.575. The molecule has 0 bridgehead atoms. The molecule has 124 valence electrons. The summed E-state index contributed by atoms with van der Waals surface area (Å²) in [6, 6.07) is 15.2. The Bertz CT molecular complexity index is 1070. The lowest BCUT2D eigenvalue weighted by Gasteiger charge is -2.02. The van der Waals surface area contributed by atoms with Crippen LogP contribution in [0.3, 0.4) is 0 Å². The van der Waals surface area contributed by atoms with Crippen molar-refractivity contribution in [2.45, 2.75) is 13.5 Å². The van der Waals surface area contributed by atoms with Crippen molar-refractivity contribution in [2.24, 2.45) is 0 Å². The number of aryl methyl sites for hydroxylation is 1. The molecule has 0 saturated carbocycles. The number of aromatic amines is 1. The molecule has 0 aliphatic rings. The van der Waals surface area contributed by atoms with E-state index in [0.717, 1.165) is 11.3 Å². The van der Waals surface area contributed by atoms with Gasteiger partial charge >= 0.3 is 5.69 Å². The van der Waals surface area contributed by atoms with Gasteiger partial charge in [-0.25, -0.2) is 19.2 Å². The van der Waals surface area contributed by atoms with Gasteiger partial charge in [-0.05, 0) is 30.7 Å². The molecule has 0 saturated heterocycles. The first-order valence-electron chi connectivity index (χ1n) is 7.97. The summed E-state index contributed by atoms with van der Waals surface area (Å²) in [5.74, 6) is 1.47. The number of para-hydroxylation sites is 1. The average Bonchev–Trinajstić information content (AvgIpc) is 3.06. The second-order valence-electron chi connectivity index (χ2n) is 5.78. The van der Waals surface area contributed by atoms with Crippen LogP contribution in [-0.4, -0.2) is 14.0 Å². The highest BCUT2D eigenvalue weighted by molar-refractivity contribution is 5.39. The van der Waals surface area contributed by atoms with Crippen LogP contribution >= 0.6 is 0 Å². The summed E-state index contributed by atoms with van der Waals surface area (Å²) in [5, 5.41) is 0. The van der Waals surface area contributed by atoms with Gasteiger partial charge in [-0.15, -0.1) is 4.57 Å². The lowest BCUT2D eigenvalue weighted by atomic mass is 10.3. The fourth-order valence-corrected chi connectivity index (χ4v) is 2.61. The van der Waals surface area contributed by atoms with Crippen LogP contribution in [0.5, 0.6) is 5.75 Å². The van der Waals surface area contributed by atoms with Crippen molar-refractivity contribution in [1.29, 1.82) is 0 Å². The van der Waals surface area contributed by atoms with Crippen LogP contribution in [0.25, 0.3) is 11.5 Å². The predicted octanol–water partition coefficient (Wildman–Crippen LogP) is 2.19. The number of pyridine rings is 1. The lowest BCUT2D eigenvalue weighted by molar-refractivity contribution is -0.374. The minimum absolute atomic E-state index is 0.184. The van der Waals surface area contributed by atoms with Gasteiger partial charge in [-0.3, -0.25) is 0 Å². The number of nitrogens with zero attached hydrogens (tertiary/aromatic N) is 3. The van der Waals surface area contributed by atoms with E-state index in [0.29, 0.717) is 23.8 Å². The first-order valence-corrected chi connectivity index (χ1v) is 7.97. The maximum absolute atomic E-state index is 12.7. The normalized spacial score (nSPS) is 10.9. The second-order valence-corrected chi connectivity index (χ2v) is 5.78. The van der Waals surface area contributed by atoms with Crippen LogP contribution in [0.2, 0.25) is 0 Å². The van der Waals surface area contributed by atoms with Gasteiger partial charge in [-0.2, -0.15) is 0 Å². The number of H-pyrrole nitrogens is 1. The SMILES string of the molecule is Cc1ccc(-n2ccc3nc(COc4ccccc4)cn3c2=O)[nH+]c1. The predicted molar refractivity (Wildman–Crippen MR) is 92.9 cm³/mol. The Kier molecular flexibility index (Phi) is 3.78. The van der Waals surface area contributed by atoms with E-state index in [4.69, 9.17) is 4.74 Å². The number of fused-ring (bicyclic) bond motifs is 1. The number of rotatable bonds is 4. The van der Waals surface area contributed by atoms with Gasteiger partial charge in [0.2, 0.25) is 0 Å². The Morgan fingerprint density at radius 1 is 1.12 bits per heavy atom. The van der Waals surface area contributed by atoms with Crippen LogP contribution in [0.1, 0.15) is 11.3 Å². The summed E-state index contributed by atoms with van der Waals surface area (Å²) in [4.78, 5) is 20.3. The van der Waals surface area contributed by atoms with E-state index < -0.39 is 0 Å². The third kappa shape index (κ3) is 3.01. The number of hydrogen-bond acceptors (Lipinski definition) is 3. The molecule has 1 aromatic carbocycles. The molecule has 4 rings (SSSR count). The zero-order valence-corrected chi connectivity index (χ0v) is 13.7. The number of hydrogen-bond donors (Lipinski definition) is 0. The minimum atomic E-state index is -0.184. The molecule has 1 N–H and O–H groups in total. The molecular formula is C19H17N4O2+. The zero-order valence-electron chi connectivity index (χ0n) is 13.7. The van der Waals surface area contributed by atoms with Crippen LogP contribution < -0.4 is 15.4 Å². The van der Waals surface area contributed by atoms with Crippen LogP contribution in [0.4, 0.5) is 0 Å². The fraction of sp³-hybridized carbons (Fsp3) is 0.105. The highest BCUT2D eigenvalue weighted by atomic mass is 16.5. The Balaban J connectivity index is 1.65.